The number of hydrogen-bond donors (Lipinski definition) is 1. The molecule has 0 heterocycles. The fraction of sp³-hybridized carbons (Fsp3) is 0.611. The molecule has 0 saturated heterocycles. The van der Waals surface area contributed by atoms with E-state index in [2.05, 4.69) is 20.7 Å². The van der Waals surface area contributed by atoms with E-state index < -0.39 is 27.8 Å². The fourth-order valence-electron chi connectivity index (χ4n) is 2.06. The van der Waals surface area contributed by atoms with Crippen LogP contribution in [0.2, 0.25) is 5.02 Å². The summed E-state index contributed by atoms with van der Waals surface area (Å²) in [5.41, 5.74) is 1.11. The molecule has 0 aliphatic carbocycles. The number of aryl methyl sites for hydroxylation is 1. The van der Waals surface area contributed by atoms with E-state index in [0.717, 1.165) is 10.0 Å². The SMILES string of the molecule is Cc1ccc(Cl)c([C@@H](CC(=O)OC(C)(C)C)N[S+]([O-])C(C)(C)C)c1Br. The van der Waals surface area contributed by atoms with Gasteiger partial charge in [-0.25, -0.2) is 0 Å². The number of halogens is 2. The topological polar surface area (TPSA) is 61.4 Å². The molecule has 2 atom stereocenters. The minimum Gasteiger partial charge on any atom is -0.598 e. The van der Waals surface area contributed by atoms with E-state index in [0.29, 0.717) is 10.6 Å². The lowest BCUT2D eigenvalue weighted by Crippen LogP contribution is -2.42. The van der Waals surface area contributed by atoms with Crippen LogP contribution in [-0.4, -0.2) is 20.9 Å². The Hall–Kier alpha value is -0.270. The van der Waals surface area contributed by atoms with Crippen molar-refractivity contribution in [1.82, 2.24) is 4.72 Å². The zero-order valence-corrected chi connectivity index (χ0v) is 19.0. The average molecular weight is 453 g/mol. The first kappa shape index (κ1) is 22.8. The van der Waals surface area contributed by atoms with Crippen LogP contribution in [0.1, 0.15) is 65.1 Å². The third kappa shape index (κ3) is 7.10. The Bertz CT molecular complexity index is 626. The van der Waals surface area contributed by atoms with E-state index in [-0.39, 0.29) is 12.4 Å². The van der Waals surface area contributed by atoms with Gasteiger partial charge >= 0.3 is 5.97 Å². The van der Waals surface area contributed by atoms with Crippen molar-refractivity contribution in [2.75, 3.05) is 0 Å². The Morgan fingerprint density at radius 2 is 1.88 bits per heavy atom. The smallest absolute Gasteiger partial charge is 0.308 e. The minimum atomic E-state index is -1.37. The minimum absolute atomic E-state index is 0.0286. The number of esters is 1. The molecule has 1 rings (SSSR count). The van der Waals surface area contributed by atoms with Crippen molar-refractivity contribution in [2.24, 2.45) is 0 Å². The molecule has 7 heteroatoms. The van der Waals surface area contributed by atoms with Crippen LogP contribution in [0.4, 0.5) is 0 Å². The molecule has 25 heavy (non-hydrogen) atoms. The van der Waals surface area contributed by atoms with Gasteiger partial charge in [-0.3, -0.25) is 4.79 Å². The quantitative estimate of drug-likeness (QED) is 0.490. The second kappa shape index (κ2) is 8.61. The highest BCUT2D eigenvalue weighted by molar-refractivity contribution is 9.10. The van der Waals surface area contributed by atoms with Gasteiger partial charge in [0.1, 0.15) is 10.3 Å². The van der Waals surface area contributed by atoms with Crippen molar-refractivity contribution in [3.8, 4) is 0 Å². The Kier molecular flexibility index (Phi) is 7.84. The molecule has 1 aromatic rings. The van der Waals surface area contributed by atoms with Crippen LogP contribution in [0.15, 0.2) is 16.6 Å². The summed E-state index contributed by atoms with van der Waals surface area (Å²) in [6.07, 6.45) is 0.0286. The lowest BCUT2D eigenvalue weighted by molar-refractivity contribution is -0.155. The largest absolute Gasteiger partial charge is 0.598 e. The molecule has 0 aliphatic heterocycles. The zero-order chi connectivity index (χ0) is 19.6. The van der Waals surface area contributed by atoms with Crippen LogP contribution in [0.3, 0.4) is 0 Å². The van der Waals surface area contributed by atoms with Crippen molar-refractivity contribution in [2.45, 2.75) is 71.3 Å². The number of ether oxygens (including phenoxy) is 1. The van der Waals surface area contributed by atoms with E-state index in [1.165, 1.54) is 0 Å². The maximum Gasteiger partial charge on any atom is 0.308 e. The summed E-state index contributed by atoms with van der Waals surface area (Å²) in [5, 5.41) is 0.504. The van der Waals surface area contributed by atoms with Gasteiger partial charge in [-0.15, -0.1) is 4.72 Å². The van der Waals surface area contributed by atoms with E-state index in [4.69, 9.17) is 16.3 Å². The number of carbonyl (C=O) groups is 1. The Morgan fingerprint density at radius 1 is 1.32 bits per heavy atom. The van der Waals surface area contributed by atoms with Crippen molar-refractivity contribution in [1.29, 1.82) is 0 Å². The number of hydrogen-bond acceptors (Lipinski definition) is 4. The molecule has 0 radical (unpaired) electrons. The van der Waals surface area contributed by atoms with Crippen molar-refractivity contribution in [3.05, 3.63) is 32.8 Å². The summed E-state index contributed by atoms with van der Waals surface area (Å²) in [6.45, 7) is 13.0. The highest BCUT2D eigenvalue weighted by Crippen LogP contribution is 2.36. The van der Waals surface area contributed by atoms with Crippen molar-refractivity contribution < 1.29 is 14.1 Å². The summed E-state index contributed by atoms with van der Waals surface area (Å²) in [4.78, 5) is 12.4. The lowest BCUT2D eigenvalue weighted by atomic mass is 10.0. The van der Waals surface area contributed by atoms with Gasteiger partial charge in [-0.1, -0.05) is 33.6 Å². The second-order valence-electron chi connectivity index (χ2n) is 7.93. The summed E-state index contributed by atoms with van der Waals surface area (Å²) < 4.78 is 21.4. The average Bonchev–Trinajstić information content (AvgIpc) is 2.40. The van der Waals surface area contributed by atoms with Crippen molar-refractivity contribution >= 4 is 44.9 Å². The molecule has 4 nitrogen and oxygen atoms in total. The standard InChI is InChI=1S/C18H27BrClNO3S/c1-11-8-9-12(20)15(16(11)19)13(21-25(23)18(5,6)7)10-14(22)24-17(2,3)4/h8-9,13,21H,10H2,1-7H3/t13-,25?/m1/s1. The first-order chi connectivity index (χ1) is 11.2. The molecule has 0 bridgehead atoms. The zero-order valence-electron chi connectivity index (χ0n) is 15.8. The molecule has 0 fully saturated rings. The van der Waals surface area contributed by atoms with Crippen molar-refractivity contribution in [3.63, 3.8) is 0 Å². The summed E-state index contributed by atoms with van der Waals surface area (Å²) in [5.74, 6) is -0.375. The predicted octanol–water partition coefficient (Wildman–Crippen LogP) is 5.24. The van der Waals surface area contributed by atoms with Crippen LogP contribution < -0.4 is 4.72 Å². The molecule has 1 unspecified atom stereocenters. The molecule has 0 aliphatic rings. The van der Waals surface area contributed by atoms with Crippen LogP contribution in [-0.2, 0) is 20.9 Å². The molecule has 0 amide bonds. The maximum absolute atomic E-state index is 12.6. The van der Waals surface area contributed by atoms with E-state index in [1.54, 1.807) is 6.07 Å². The van der Waals surface area contributed by atoms with Gasteiger partial charge in [-0.2, -0.15) is 0 Å². The first-order valence-electron chi connectivity index (χ1n) is 8.07. The maximum atomic E-state index is 12.6. The van der Waals surface area contributed by atoms with Gasteiger partial charge in [0.25, 0.3) is 0 Å². The number of nitrogens with one attached hydrogen (secondary N) is 1. The summed E-state index contributed by atoms with van der Waals surface area (Å²) in [6, 6.07) is 3.14. The Labute approximate surface area is 167 Å². The highest BCUT2D eigenvalue weighted by Gasteiger charge is 2.33. The predicted molar refractivity (Wildman–Crippen MR) is 108 cm³/mol. The highest BCUT2D eigenvalue weighted by atomic mass is 79.9. The second-order valence-corrected chi connectivity index (χ2v) is 11.1. The van der Waals surface area contributed by atoms with E-state index in [9.17, 15) is 9.35 Å². The summed E-state index contributed by atoms with van der Waals surface area (Å²) in [7, 11) is 0. The molecule has 1 N–H and O–H groups in total. The van der Waals surface area contributed by atoms with Gasteiger partial charge in [-0.05, 0) is 60.1 Å². The Morgan fingerprint density at radius 3 is 2.36 bits per heavy atom. The van der Waals surface area contributed by atoms with Gasteiger partial charge < -0.3 is 9.29 Å². The molecule has 142 valence electrons. The molecule has 1 aromatic carbocycles. The number of benzene rings is 1. The summed E-state index contributed by atoms with van der Waals surface area (Å²) >= 11 is 8.57. The monoisotopic (exact) mass is 451 g/mol. The molecular formula is C18H27BrClNO3S. The third-order valence-electron chi connectivity index (χ3n) is 3.26. The molecule has 0 aromatic heterocycles. The van der Waals surface area contributed by atoms with E-state index >= 15 is 0 Å². The Balaban J connectivity index is 3.21. The first-order valence-corrected chi connectivity index (χ1v) is 10.4. The number of carbonyl (C=O) groups excluding carboxylic acids is 1. The van der Waals surface area contributed by atoms with Crippen LogP contribution >= 0.6 is 27.5 Å². The lowest BCUT2D eigenvalue weighted by Gasteiger charge is -2.29. The van der Waals surface area contributed by atoms with E-state index in [1.807, 2.05) is 54.5 Å². The van der Waals surface area contributed by atoms with Crippen LogP contribution in [0.25, 0.3) is 0 Å². The third-order valence-corrected chi connectivity index (χ3v) is 6.26. The number of rotatable bonds is 5. The van der Waals surface area contributed by atoms with Crippen LogP contribution in [0.5, 0.6) is 0 Å². The normalized spacial score (nSPS) is 15.0. The van der Waals surface area contributed by atoms with Gasteiger partial charge in [0.2, 0.25) is 0 Å². The van der Waals surface area contributed by atoms with Gasteiger partial charge in [0.05, 0.1) is 12.5 Å². The van der Waals surface area contributed by atoms with Gasteiger partial charge in [0, 0.05) is 26.4 Å². The molecular weight excluding hydrogens is 426 g/mol. The van der Waals surface area contributed by atoms with Crippen LogP contribution in [0, 0.1) is 6.92 Å². The molecule has 0 spiro atoms. The molecule has 0 saturated carbocycles. The fourth-order valence-corrected chi connectivity index (χ4v) is 3.89. The van der Waals surface area contributed by atoms with Gasteiger partial charge in [0.15, 0.2) is 0 Å².